The number of ketones is 2. The number of carbonyl (C=O) groups excluding carboxylic acids is 2. The van der Waals surface area contributed by atoms with E-state index in [0.717, 1.165) is 0 Å². The maximum atomic E-state index is 12.3. The number of hydrogen-bond acceptors (Lipinski definition) is 3. The van der Waals surface area contributed by atoms with Gasteiger partial charge in [-0.25, -0.2) is 0 Å². The van der Waals surface area contributed by atoms with Crippen LogP contribution in [0.3, 0.4) is 0 Å². The molecule has 100 valence electrons. The van der Waals surface area contributed by atoms with E-state index in [4.69, 9.17) is 4.74 Å². The third-order valence-corrected chi connectivity index (χ3v) is 3.45. The molecule has 0 spiro atoms. The van der Waals surface area contributed by atoms with Gasteiger partial charge in [0.2, 0.25) is 5.78 Å². The number of carbonyl (C=O) groups is 2. The van der Waals surface area contributed by atoms with E-state index >= 15 is 0 Å². The molecule has 0 radical (unpaired) electrons. The molecular formula is C16H18O3. The molecule has 0 heterocycles. The van der Waals surface area contributed by atoms with Gasteiger partial charge in [-0.1, -0.05) is 45.0 Å². The first-order chi connectivity index (χ1) is 8.80. The molecule has 1 aliphatic rings. The van der Waals surface area contributed by atoms with Crippen molar-refractivity contribution >= 4 is 11.6 Å². The number of rotatable bonds is 2. The number of benzene rings is 1. The van der Waals surface area contributed by atoms with Gasteiger partial charge in [-0.2, -0.15) is 0 Å². The highest BCUT2D eigenvalue weighted by Crippen LogP contribution is 2.28. The van der Waals surface area contributed by atoms with Crippen LogP contribution in [0.25, 0.3) is 0 Å². The maximum absolute atomic E-state index is 12.3. The highest BCUT2D eigenvalue weighted by atomic mass is 16.5. The van der Waals surface area contributed by atoms with Gasteiger partial charge in [-0.3, -0.25) is 9.59 Å². The number of Topliss-reactive ketones (excluding diaryl/α,β-unsaturated/α-hetero) is 1. The zero-order valence-electron chi connectivity index (χ0n) is 11.7. The van der Waals surface area contributed by atoms with E-state index in [9.17, 15) is 9.59 Å². The molecule has 1 aliphatic carbocycles. The third kappa shape index (κ3) is 2.60. The van der Waals surface area contributed by atoms with Crippen LogP contribution in [0.15, 0.2) is 36.1 Å². The summed E-state index contributed by atoms with van der Waals surface area (Å²) < 4.78 is 5.69. The van der Waals surface area contributed by atoms with Crippen LogP contribution in [0.5, 0.6) is 0 Å². The van der Waals surface area contributed by atoms with Crippen LogP contribution in [0, 0.1) is 5.41 Å². The molecule has 0 bridgehead atoms. The van der Waals surface area contributed by atoms with Crippen LogP contribution < -0.4 is 0 Å². The van der Waals surface area contributed by atoms with E-state index in [1.54, 1.807) is 24.3 Å². The van der Waals surface area contributed by atoms with Gasteiger partial charge in [-0.15, -0.1) is 0 Å². The molecule has 19 heavy (non-hydrogen) atoms. The Morgan fingerprint density at radius 2 is 1.63 bits per heavy atom. The summed E-state index contributed by atoms with van der Waals surface area (Å²) in [5.41, 5.74) is 0.774. The van der Waals surface area contributed by atoms with E-state index < -0.39 is 0 Å². The van der Waals surface area contributed by atoms with E-state index in [1.165, 1.54) is 6.08 Å². The molecule has 0 amide bonds. The molecule has 1 aromatic rings. The Bertz CT molecular complexity index is 562. The van der Waals surface area contributed by atoms with Crippen LogP contribution in [0.2, 0.25) is 0 Å². The quantitative estimate of drug-likeness (QED) is 0.816. The molecule has 0 N–H and O–H groups in total. The Morgan fingerprint density at radius 1 is 1.05 bits per heavy atom. The standard InChI is InChI=1S/C16H18O3/c1-10(16(2,3)4)19-14-9-13(17)11-7-5-6-8-12(11)15(14)18/h5-10H,1-4H3. The van der Waals surface area contributed by atoms with E-state index in [0.29, 0.717) is 11.1 Å². The van der Waals surface area contributed by atoms with Crippen LogP contribution in [-0.4, -0.2) is 17.7 Å². The summed E-state index contributed by atoms with van der Waals surface area (Å²) in [5, 5.41) is 0. The summed E-state index contributed by atoms with van der Waals surface area (Å²) in [6, 6.07) is 6.82. The summed E-state index contributed by atoms with van der Waals surface area (Å²) in [6.07, 6.45) is 1.15. The minimum atomic E-state index is -0.216. The lowest BCUT2D eigenvalue weighted by atomic mass is 9.89. The van der Waals surface area contributed by atoms with Crippen LogP contribution in [-0.2, 0) is 4.74 Å². The fourth-order valence-corrected chi connectivity index (χ4v) is 1.75. The molecule has 0 saturated heterocycles. The summed E-state index contributed by atoms with van der Waals surface area (Å²) >= 11 is 0. The van der Waals surface area contributed by atoms with Crippen molar-refractivity contribution < 1.29 is 14.3 Å². The van der Waals surface area contributed by atoms with Crippen LogP contribution >= 0.6 is 0 Å². The number of fused-ring (bicyclic) bond motifs is 1. The number of hydrogen-bond donors (Lipinski definition) is 0. The molecule has 0 saturated carbocycles. The molecule has 1 atom stereocenters. The lowest BCUT2D eigenvalue weighted by Gasteiger charge is -2.29. The summed E-state index contributed by atoms with van der Waals surface area (Å²) in [5.74, 6) is -0.247. The van der Waals surface area contributed by atoms with Crippen molar-refractivity contribution in [1.82, 2.24) is 0 Å². The maximum Gasteiger partial charge on any atom is 0.228 e. The first kappa shape index (κ1) is 13.5. The van der Waals surface area contributed by atoms with Crippen molar-refractivity contribution in [2.75, 3.05) is 0 Å². The van der Waals surface area contributed by atoms with E-state index in [2.05, 4.69) is 0 Å². The minimum Gasteiger partial charge on any atom is -0.486 e. The normalized spacial score (nSPS) is 16.7. The smallest absolute Gasteiger partial charge is 0.228 e. The topological polar surface area (TPSA) is 43.4 Å². The molecule has 0 fully saturated rings. The summed E-state index contributed by atoms with van der Waals surface area (Å²) in [7, 11) is 0. The fourth-order valence-electron chi connectivity index (χ4n) is 1.75. The molecule has 1 aromatic carbocycles. The van der Waals surface area contributed by atoms with Crippen molar-refractivity contribution in [3.8, 4) is 0 Å². The number of ether oxygens (including phenoxy) is 1. The van der Waals surface area contributed by atoms with Crippen molar-refractivity contribution in [2.45, 2.75) is 33.8 Å². The van der Waals surface area contributed by atoms with Gasteiger partial charge in [-0.05, 0) is 12.3 Å². The fraction of sp³-hybridized carbons (Fsp3) is 0.375. The average Bonchev–Trinajstić information content (AvgIpc) is 2.34. The van der Waals surface area contributed by atoms with Crippen molar-refractivity contribution in [3.05, 3.63) is 47.2 Å². The second-order valence-corrected chi connectivity index (χ2v) is 5.87. The second kappa shape index (κ2) is 4.65. The SMILES string of the molecule is CC(OC1=CC(=O)c2ccccc2C1=O)C(C)(C)C. The first-order valence-electron chi connectivity index (χ1n) is 6.37. The Kier molecular flexibility index (Phi) is 3.31. The summed E-state index contributed by atoms with van der Waals surface area (Å²) in [4.78, 5) is 24.2. The molecule has 3 heteroatoms. The van der Waals surface area contributed by atoms with Crippen LogP contribution in [0.4, 0.5) is 0 Å². The monoisotopic (exact) mass is 258 g/mol. The zero-order chi connectivity index (χ0) is 14.2. The predicted molar refractivity (Wildman–Crippen MR) is 73.2 cm³/mol. The van der Waals surface area contributed by atoms with Gasteiger partial charge in [0.15, 0.2) is 11.5 Å². The molecule has 1 unspecified atom stereocenters. The van der Waals surface area contributed by atoms with Gasteiger partial charge >= 0.3 is 0 Å². The molecular weight excluding hydrogens is 240 g/mol. The second-order valence-electron chi connectivity index (χ2n) is 5.87. The molecule has 0 aliphatic heterocycles. The van der Waals surface area contributed by atoms with Crippen molar-refractivity contribution in [3.63, 3.8) is 0 Å². The van der Waals surface area contributed by atoms with Crippen molar-refractivity contribution in [2.24, 2.45) is 5.41 Å². The molecule has 0 aromatic heterocycles. The first-order valence-corrected chi connectivity index (χ1v) is 6.37. The van der Waals surface area contributed by atoms with Crippen LogP contribution in [0.1, 0.15) is 48.4 Å². The lowest BCUT2D eigenvalue weighted by molar-refractivity contribution is 0.0355. The van der Waals surface area contributed by atoms with Crippen molar-refractivity contribution in [1.29, 1.82) is 0 Å². The Balaban J connectivity index is 2.31. The Morgan fingerprint density at radius 3 is 2.21 bits per heavy atom. The van der Waals surface area contributed by atoms with Gasteiger partial charge in [0.25, 0.3) is 0 Å². The van der Waals surface area contributed by atoms with Gasteiger partial charge in [0, 0.05) is 17.2 Å². The minimum absolute atomic E-state index is 0.0961. The molecule has 2 rings (SSSR count). The number of allylic oxidation sites excluding steroid dienone is 2. The largest absolute Gasteiger partial charge is 0.486 e. The lowest BCUT2D eigenvalue weighted by Crippen LogP contribution is -2.29. The Hall–Kier alpha value is -1.90. The van der Waals surface area contributed by atoms with E-state index in [1.807, 2.05) is 27.7 Å². The highest BCUT2D eigenvalue weighted by Gasteiger charge is 2.30. The van der Waals surface area contributed by atoms with Gasteiger partial charge < -0.3 is 4.74 Å². The highest BCUT2D eigenvalue weighted by molar-refractivity contribution is 6.23. The predicted octanol–water partition coefficient (Wildman–Crippen LogP) is 3.40. The molecule has 3 nitrogen and oxygen atoms in total. The van der Waals surface area contributed by atoms with Gasteiger partial charge in [0.05, 0.1) is 0 Å². The average molecular weight is 258 g/mol. The summed E-state index contributed by atoms with van der Waals surface area (Å²) in [6.45, 7) is 7.99. The Labute approximate surface area is 113 Å². The van der Waals surface area contributed by atoms with E-state index in [-0.39, 0.29) is 28.8 Å². The zero-order valence-corrected chi connectivity index (χ0v) is 11.7. The third-order valence-electron chi connectivity index (χ3n) is 3.45. The van der Waals surface area contributed by atoms with Gasteiger partial charge in [0.1, 0.15) is 6.10 Å².